The van der Waals surface area contributed by atoms with Crippen LogP contribution in [-0.2, 0) is 12.5 Å². The normalized spacial score (nSPS) is 10.5. The zero-order valence-electron chi connectivity index (χ0n) is 10.4. The molecule has 0 unspecified atom stereocenters. The smallest absolute Gasteiger partial charge is 0.127 e. The molecular weight excluding hydrogens is 286 g/mol. The Bertz CT molecular complexity index is 584. The fraction of sp³-hybridized carbons (Fsp3) is 0.200. The van der Waals surface area contributed by atoms with Gasteiger partial charge in [-0.1, -0.05) is 29.8 Å². The van der Waals surface area contributed by atoms with E-state index in [1.165, 1.54) is 18.2 Å². The third-order valence-electron chi connectivity index (χ3n) is 2.82. The van der Waals surface area contributed by atoms with Crippen LogP contribution >= 0.6 is 23.2 Å². The zero-order chi connectivity index (χ0) is 13.8. The van der Waals surface area contributed by atoms with Crippen LogP contribution in [0.3, 0.4) is 0 Å². The van der Waals surface area contributed by atoms with Crippen molar-refractivity contribution in [2.75, 3.05) is 0 Å². The van der Waals surface area contributed by atoms with Crippen LogP contribution in [0.15, 0.2) is 36.4 Å². The van der Waals surface area contributed by atoms with E-state index in [4.69, 9.17) is 27.9 Å². The number of benzene rings is 2. The summed E-state index contributed by atoms with van der Waals surface area (Å²) in [6.45, 7) is 2.16. The van der Waals surface area contributed by atoms with Gasteiger partial charge in [-0.2, -0.15) is 0 Å². The summed E-state index contributed by atoms with van der Waals surface area (Å²) >= 11 is 11.9. The van der Waals surface area contributed by atoms with Gasteiger partial charge in [0.1, 0.15) is 18.2 Å². The van der Waals surface area contributed by atoms with Crippen LogP contribution < -0.4 is 4.74 Å². The number of alkyl halides is 1. The Hall–Kier alpha value is -1.25. The van der Waals surface area contributed by atoms with E-state index in [9.17, 15) is 4.39 Å². The van der Waals surface area contributed by atoms with Crippen molar-refractivity contribution in [3.63, 3.8) is 0 Å². The van der Waals surface area contributed by atoms with E-state index >= 15 is 0 Å². The summed E-state index contributed by atoms with van der Waals surface area (Å²) in [5.74, 6) is 0.775. The zero-order valence-corrected chi connectivity index (χ0v) is 11.9. The summed E-state index contributed by atoms with van der Waals surface area (Å²) in [5.41, 5.74) is 2.52. The molecule has 0 aliphatic heterocycles. The van der Waals surface area contributed by atoms with Crippen LogP contribution in [0, 0.1) is 12.7 Å². The molecule has 0 radical (unpaired) electrons. The summed E-state index contributed by atoms with van der Waals surface area (Å²) in [5, 5.41) is 0.488. The molecular formula is C15H13Cl2FO. The SMILES string of the molecule is Cc1cccc(CCl)c1OCc1cc(F)ccc1Cl. The summed E-state index contributed by atoms with van der Waals surface area (Å²) < 4.78 is 18.9. The van der Waals surface area contributed by atoms with Gasteiger partial charge < -0.3 is 4.74 Å². The second kappa shape index (κ2) is 6.27. The van der Waals surface area contributed by atoms with E-state index in [2.05, 4.69) is 0 Å². The molecule has 0 spiro atoms. The van der Waals surface area contributed by atoms with E-state index in [0.717, 1.165) is 16.9 Å². The largest absolute Gasteiger partial charge is 0.488 e. The Morgan fingerprint density at radius 3 is 2.68 bits per heavy atom. The van der Waals surface area contributed by atoms with E-state index < -0.39 is 0 Å². The molecule has 0 saturated heterocycles. The molecule has 0 N–H and O–H groups in total. The van der Waals surface area contributed by atoms with Gasteiger partial charge in [-0.15, -0.1) is 11.6 Å². The van der Waals surface area contributed by atoms with Gasteiger partial charge in [0.25, 0.3) is 0 Å². The number of aryl methyl sites for hydroxylation is 1. The molecule has 0 saturated carbocycles. The minimum absolute atomic E-state index is 0.214. The molecule has 2 rings (SSSR count). The van der Waals surface area contributed by atoms with Crippen LogP contribution in [0.4, 0.5) is 4.39 Å². The second-order valence-electron chi connectivity index (χ2n) is 4.22. The van der Waals surface area contributed by atoms with Crippen molar-refractivity contribution in [2.45, 2.75) is 19.4 Å². The van der Waals surface area contributed by atoms with E-state index in [1.54, 1.807) is 0 Å². The summed E-state index contributed by atoms with van der Waals surface area (Å²) in [6, 6.07) is 10.00. The van der Waals surface area contributed by atoms with Crippen LogP contribution in [0.2, 0.25) is 5.02 Å². The van der Waals surface area contributed by atoms with Crippen molar-refractivity contribution in [1.82, 2.24) is 0 Å². The first-order chi connectivity index (χ1) is 9.11. The molecule has 2 aromatic rings. The van der Waals surface area contributed by atoms with Gasteiger partial charge in [0.15, 0.2) is 0 Å². The Kier molecular flexibility index (Phi) is 4.67. The lowest BCUT2D eigenvalue weighted by Gasteiger charge is -2.13. The van der Waals surface area contributed by atoms with Gasteiger partial charge in [0.2, 0.25) is 0 Å². The maximum atomic E-state index is 13.2. The van der Waals surface area contributed by atoms with Crippen molar-refractivity contribution >= 4 is 23.2 Å². The molecule has 0 aliphatic rings. The maximum absolute atomic E-state index is 13.2. The highest BCUT2D eigenvalue weighted by Crippen LogP contribution is 2.27. The lowest BCUT2D eigenvalue weighted by molar-refractivity contribution is 0.301. The number of rotatable bonds is 4. The standard InChI is InChI=1S/C15H13Cl2FO/c1-10-3-2-4-11(8-16)15(10)19-9-12-7-13(18)5-6-14(12)17/h2-7H,8-9H2,1H3. The number of para-hydroxylation sites is 1. The minimum Gasteiger partial charge on any atom is -0.488 e. The molecule has 0 amide bonds. The molecule has 0 aromatic heterocycles. The minimum atomic E-state index is -0.328. The van der Waals surface area contributed by atoms with Crippen LogP contribution in [-0.4, -0.2) is 0 Å². The molecule has 0 atom stereocenters. The molecule has 0 fully saturated rings. The molecule has 19 heavy (non-hydrogen) atoms. The van der Waals surface area contributed by atoms with Crippen molar-refractivity contribution < 1.29 is 9.13 Å². The summed E-state index contributed by atoms with van der Waals surface area (Å²) in [6.07, 6.45) is 0. The van der Waals surface area contributed by atoms with E-state index in [0.29, 0.717) is 16.5 Å². The lowest BCUT2D eigenvalue weighted by atomic mass is 10.1. The first kappa shape index (κ1) is 14.2. The molecule has 4 heteroatoms. The van der Waals surface area contributed by atoms with E-state index in [-0.39, 0.29) is 12.4 Å². The highest BCUT2D eigenvalue weighted by molar-refractivity contribution is 6.31. The summed E-state index contributed by atoms with van der Waals surface area (Å²) in [7, 11) is 0. The number of ether oxygens (including phenoxy) is 1. The fourth-order valence-electron chi connectivity index (χ4n) is 1.83. The third-order valence-corrected chi connectivity index (χ3v) is 3.47. The molecule has 2 aromatic carbocycles. The fourth-order valence-corrected chi connectivity index (χ4v) is 2.21. The van der Waals surface area contributed by atoms with Gasteiger partial charge in [0, 0.05) is 16.1 Å². The quantitative estimate of drug-likeness (QED) is 0.713. The molecule has 0 heterocycles. The Morgan fingerprint density at radius 2 is 1.95 bits per heavy atom. The van der Waals surface area contributed by atoms with E-state index in [1.807, 2.05) is 25.1 Å². The topological polar surface area (TPSA) is 9.23 Å². The van der Waals surface area contributed by atoms with Crippen LogP contribution in [0.25, 0.3) is 0 Å². The van der Waals surface area contributed by atoms with Gasteiger partial charge >= 0.3 is 0 Å². The lowest BCUT2D eigenvalue weighted by Crippen LogP contribution is -2.01. The van der Waals surface area contributed by atoms with Crippen LogP contribution in [0.1, 0.15) is 16.7 Å². The Morgan fingerprint density at radius 1 is 1.16 bits per heavy atom. The molecule has 1 nitrogen and oxygen atoms in total. The highest BCUT2D eigenvalue weighted by atomic mass is 35.5. The first-order valence-electron chi connectivity index (χ1n) is 5.83. The Balaban J connectivity index is 2.21. The number of hydrogen-bond donors (Lipinski definition) is 0. The highest BCUT2D eigenvalue weighted by Gasteiger charge is 2.08. The number of halogens is 3. The Labute approximate surface area is 121 Å². The number of hydrogen-bond acceptors (Lipinski definition) is 1. The van der Waals surface area contributed by atoms with Crippen LogP contribution in [0.5, 0.6) is 5.75 Å². The van der Waals surface area contributed by atoms with Crippen molar-refractivity contribution in [1.29, 1.82) is 0 Å². The maximum Gasteiger partial charge on any atom is 0.127 e. The molecule has 0 aliphatic carbocycles. The van der Waals surface area contributed by atoms with Gasteiger partial charge in [0.05, 0.1) is 5.88 Å². The van der Waals surface area contributed by atoms with Gasteiger partial charge in [-0.05, 0) is 30.7 Å². The predicted molar refractivity (Wildman–Crippen MR) is 76.5 cm³/mol. The van der Waals surface area contributed by atoms with Crippen molar-refractivity contribution in [3.05, 3.63) is 63.9 Å². The average Bonchev–Trinajstić information content (AvgIpc) is 2.40. The molecule has 0 bridgehead atoms. The van der Waals surface area contributed by atoms with Gasteiger partial charge in [-0.3, -0.25) is 0 Å². The molecule has 100 valence electrons. The average molecular weight is 299 g/mol. The van der Waals surface area contributed by atoms with Crippen molar-refractivity contribution in [3.8, 4) is 5.75 Å². The van der Waals surface area contributed by atoms with Crippen molar-refractivity contribution in [2.24, 2.45) is 0 Å². The summed E-state index contributed by atoms with van der Waals surface area (Å²) in [4.78, 5) is 0. The third kappa shape index (κ3) is 3.40. The monoisotopic (exact) mass is 298 g/mol. The second-order valence-corrected chi connectivity index (χ2v) is 4.90. The predicted octanol–water partition coefficient (Wildman–Crippen LogP) is 5.11. The van der Waals surface area contributed by atoms with Gasteiger partial charge in [-0.25, -0.2) is 4.39 Å². The first-order valence-corrected chi connectivity index (χ1v) is 6.74.